The van der Waals surface area contributed by atoms with Gasteiger partial charge in [0.25, 0.3) is 0 Å². The quantitative estimate of drug-likeness (QED) is 0.270. The Labute approximate surface area is 218 Å². The number of rotatable bonds is 6. The number of halogens is 1. The molecule has 0 aliphatic carbocycles. The molecule has 38 heavy (non-hydrogen) atoms. The number of nitrogens with zero attached hydrogens (tertiary/aromatic N) is 4. The van der Waals surface area contributed by atoms with E-state index < -0.39 is 5.82 Å². The van der Waals surface area contributed by atoms with Crippen LogP contribution in [0.3, 0.4) is 0 Å². The number of carbonyl (C=O) groups excluding carboxylic acids is 1. The van der Waals surface area contributed by atoms with Gasteiger partial charge in [-0.25, -0.2) is 9.37 Å². The lowest BCUT2D eigenvalue weighted by Crippen LogP contribution is -2.22. The van der Waals surface area contributed by atoms with Crippen LogP contribution in [0.2, 0.25) is 0 Å². The van der Waals surface area contributed by atoms with Crippen molar-refractivity contribution >= 4 is 27.7 Å². The van der Waals surface area contributed by atoms with Crippen molar-refractivity contribution in [1.82, 2.24) is 19.7 Å². The molecule has 3 aromatic heterocycles. The number of methoxy groups -OCH3 is 1. The lowest BCUT2D eigenvalue weighted by atomic mass is 9.99. The molecule has 8 nitrogen and oxygen atoms in total. The monoisotopic (exact) mass is 514 g/mol. The lowest BCUT2D eigenvalue weighted by Gasteiger charge is -2.23. The standard InChI is InChI=1S/C29H27FN4O4/c1-16-26(17(2)38-33-16)22-12-23-21(13-25(22)36-3)27-24(14-31-23)32-29(28(35)19-4-6-20(30)7-5-19)34(27)15-18-8-10-37-11-9-18/h4-7,12-14,18H,8-11,15H2,1-3H3. The van der Waals surface area contributed by atoms with Gasteiger partial charge < -0.3 is 18.6 Å². The van der Waals surface area contributed by atoms with E-state index in [-0.39, 0.29) is 5.78 Å². The molecule has 1 aliphatic heterocycles. The second kappa shape index (κ2) is 9.64. The summed E-state index contributed by atoms with van der Waals surface area (Å²) < 4.78 is 32.3. The van der Waals surface area contributed by atoms with Gasteiger partial charge in [0, 0.05) is 36.3 Å². The maximum absolute atomic E-state index is 13.6. The third-order valence-electron chi connectivity index (χ3n) is 7.29. The first kappa shape index (κ1) is 24.2. The Morgan fingerprint density at radius 1 is 1.13 bits per heavy atom. The summed E-state index contributed by atoms with van der Waals surface area (Å²) in [7, 11) is 1.62. The highest BCUT2D eigenvalue weighted by atomic mass is 19.1. The molecule has 0 unspecified atom stereocenters. The topological polar surface area (TPSA) is 92.3 Å². The van der Waals surface area contributed by atoms with Gasteiger partial charge in [-0.2, -0.15) is 0 Å². The van der Waals surface area contributed by atoms with Crippen LogP contribution in [0.5, 0.6) is 5.75 Å². The number of pyridine rings is 1. The van der Waals surface area contributed by atoms with Crippen LogP contribution < -0.4 is 4.74 Å². The van der Waals surface area contributed by atoms with Crippen molar-refractivity contribution < 1.29 is 23.2 Å². The van der Waals surface area contributed by atoms with Crippen LogP contribution in [0, 0.1) is 25.6 Å². The molecule has 6 rings (SSSR count). The van der Waals surface area contributed by atoms with Crippen LogP contribution in [0.15, 0.2) is 47.1 Å². The Kier molecular flexibility index (Phi) is 6.15. The van der Waals surface area contributed by atoms with Crippen LogP contribution in [-0.4, -0.2) is 45.8 Å². The van der Waals surface area contributed by atoms with Crippen LogP contribution in [-0.2, 0) is 11.3 Å². The second-order valence-electron chi connectivity index (χ2n) is 9.70. The number of carbonyl (C=O) groups is 1. The molecule has 194 valence electrons. The van der Waals surface area contributed by atoms with E-state index in [1.54, 1.807) is 13.3 Å². The molecule has 0 spiro atoms. The zero-order valence-electron chi connectivity index (χ0n) is 21.5. The molecule has 1 fully saturated rings. The maximum atomic E-state index is 13.6. The van der Waals surface area contributed by atoms with Gasteiger partial charge in [-0.3, -0.25) is 9.78 Å². The summed E-state index contributed by atoms with van der Waals surface area (Å²) in [6, 6.07) is 9.47. The first-order chi connectivity index (χ1) is 18.4. The molecular formula is C29H27FN4O4. The van der Waals surface area contributed by atoms with Crippen LogP contribution in [0.4, 0.5) is 4.39 Å². The number of ether oxygens (including phenoxy) is 2. The Morgan fingerprint density at radius 3 is 2.58 bits per heavy atom. The zero-order valence-corrected chi connectivity index (χ0v) is 21.5. The Morgan fingerprint density at radius 2 is 1.89 bits per heavy atom. The number of fused-ring (bicyclic) bond motifs is 3. The van der Waals surface area contributed by atoms with Gasteiger partial charge in [-0.1, -0.05) is 5.16 Å². The van der Waals surface area contributed by atoms with Gasteiger partial charge in [0.15, 0.2) is 5.82 Å². The molecule has 0 atom stereocenters. The van der Waals surface area contributed by atoms with E-state index in [1.807, 2.05) is 30.5 Å². The summed E-state index contributed by atoms with van der Waals surface area (Å²) in [5.74, 6) is 1.31. The van der Waals surface area contributed by atoms with Crippen LogP contribution in [0.1, 0.15) is 40.5 Å². The van der Waals surface area contributed by atoms with Crippen molar-refractivity contribution in [3.63, 3.8) is 0 Å². The van der Waals surface area contributed by atoms with Crippen molar-refractivity contribution in [3.05, 3.63) is 71.3 Å². The van der Waals surface area contributed by atoms with Crippen molar-refractivity contribution in [2.75, 3.05) is 20.3 Å². The Bertz CT molecular complexity index is 1650. The smallest absolute Gasteiger partial charge is 0.228 e. The van der Waals surface area contributed by atoms with Crippen molar-refractivity contribution in [3.8, 4) is 16.9 Å². The van der Waals surface area contributed by atoms with E-state index in [0.29, 0.717) is 54.1 Å². The van der Waals surface area contributed by atoms with Gasteiger partial charge in [0.2, 0.25) is 5.78 Å². The highest BCUT2D eigenvalue weighted by Gasteiger charge is 2.26. The summed E-state index contributed by atoms with van der Waals surface area (Å²) >= 11 is 0. The van der Waals surface area contributed by atoms with Gasteiger partial charge in [-0.05, 0) is 69.0 Å². The molecular weight excluding hydrogens is 487 g/mol. The minimum Gasteiger partial charge on any atom is -0.496 e. The normalized spacial score (nSPS) is 14.4. The van der Waals surface area contributed by atoms with Gasteiger partial charge >= 0.3 is 0 Å². The third-order valence-corrected chi connectivity index (χ3v) is 7.29. The van der Waals surface area contributed by atoms with E-state index in [0.717, 1.165) is 46.1 Å². The van der Waals surface area contributed by atoms with Gasteiger partial charge in [-0.15, -0.1) is 0 Å². The minimum absolute atomic E-state index is 0.263. The van der Waals surface area contributed by atoms with Crippen molar-refractivity contribution in [1.29, 1.82) is 0 Å². The average molecular weight is 515 g/mol. The molecule has 4 heterocycles. The van der Waals surface area contributed by atoms with Crippen LogP contribution in [0.25, 0.3) is 33.1 Å². The Balaban J connectivity index is 1.58. The largest absolute Gasteiger partial charge is 0.496 e. The predicted octanol–water partition coefficient (Wildman–Crippen LogP) is 5.66. The van der Waals surface area contributed by atoms with E-state index >= 15 is 0 Å². The summed E-state index contributed by atoms with van der Waals surface area (Å²) in [6.07, 6.45) is 3.49. The summed E-state index contributed by atoms with van der Waals surface area (Å²) in [5.41, 5.74) is 5.01. The predicted molar refractivity (Wildman–Crippen MR) is 140 cm³/mol. The number of aryl methyl sites for hydroxylation is 2. The molecule has 0 saturated carbocycles. The van der Waals surface area contributed by atoms with Crippen molar-refractivity contribution in [2.45, 2.75) is 33.2 Å². The highest BCUT2D eigenvalue weighted by molar-refractivity contribution is 6.11. The lowest BCUT2D eigenvalue weighted by molar-refractivity contribution is 0.0613. The molecule has 9 heteroatoms. The van der Waals surface area contributed by atoms with E-state index in [4.69, 9.17) is 24.0 Å². The average Bonchev–Trinajstić information content (AvgIpc) is 3.47. The first-order valence-electron chi connectivity index (χ1n) is 12.6. The molecule has 0 bridgehead atoms. The fraction of sp³-hybridized carbons (Fsp3) is 0.310. The summed E-state index contributed by atoms with van der Waals surface area (Å²) in [5, 5.41) is 4.92. The molecule has 0 radical (unpaired) electrons. The molecule has 5 aromatic rings. The Hall–Kier alpha value is -4.11. The van der Waals surface area contributed by atoms with Gasteiger partial charge in [0.05, 0.1) is 35.6 Å². The first-order valence-corrected chi connectivity index (χ1v) is 12.6. The van der Waals surface area contributed by atoms with E-state index in [1.165, 1.54) is 24.3 Å². The SMILES string of the molecule is COc1cc2c(cc1-c1c(C)noc1C)ncc1nc(C(=O)c3ccc(F)cc3)n(CC3CCOCC3)c12. The number of benzene rings is 2. The highest BCUT2D eigenvalue weighted by Crippen LogP contribution is 2.39. The zero-order chi connectivity index (χ0) is 26.4. The summed E-state index contributed by atoms with van der Waals surface area (Å²) in [6.45, 7) is 5.74. The molecule has 2 aromatic carbocycles. The van der Waals surface area contributed by atoms with Crippen molar-refractivity contribution in [2.24, 2.45) is 5.92 Å². The van der Waals surface area contributed by atoms with E-state index in [2.05, 4.69) is 5.16 Å². The molecule has 1 aliphatic rings. The number of imidazole rings is 1. The van der Waals surface area contributed by atoms with Gasteiger partial charge in [0.1, 0.15) is 22.8 Å². The fourth-order valence-electron chi connectivity index (χ4n) is 5.34. The molecule has 0 amide bonds. The number of hydrogen-bond donors (Lipinski definition) is 0. The molecule has 1 saturated heterocycles. The fourth-order valence-corrected chi connectivity index (χ4v) is 5.34. The summed E-state index contributed by atoms with van der Waals surface area (Å²) in [4.78, 5) is 23.1. The van der Waals surface area contributed by atoms with E-state index in [9.17, 15) is 9.18 Å². The van der Waals surface area contributed by atoms with Crippen LogP contribution >= 0.6 is 0 Å². The third kappa shape index (κ3) is 4.12. The molecule has 0 N–H and O–H groups in total. The number of hydrogen-bond acceptors (Lipinski definition) is 7. The second-order valence-corrected chi connectivity index (χ2v) is 9.70. The minimum atomic E-state index is -0.395. The number of aromatic nitrogens is 4. The number of ketones is 1. The maximum Gasteiger partial charge on any atom is 0.228 e.